The smallest absolute Gasteiger partial charge is 0.116 e. The summed E-state index contributed by atoms with van der Waals surface area (Å²) in [5.41, 5.74) is 7.66. The summed E-state index contributed by atoms with van der Waals surface area (Å²) in [4.78, 5) is 2.65. The molecule has 0 spiro atoms. The fourth-order valence-electron chi connectivity index (χ4n) is 1.22. The summed E-state index contributed by atoms with van der Waals surface area (Å²) in [6.45, 7) is 0.989. The SMILES string of the molecule is N#CC1(NCCN=[N+]=[N-])CCSC1. The minimum absolute atomic E-state index is 0.379. The average Bonchev–Trinajstić information content (AvgIpc) is 2.62. The van der Waals surface area contributed by atoms with E-state index in [0.717, 1.165) is 17.9 Å². The Bertz CT molecular complexity index is 246. The molecule has 0 aromatic rings. The van der Waals surface area contributed by atoms with Crippen LogP contribution in [0, 0.1) is 11.3 Å². The van der Waals surface area contributed by atoms with Gasteiger partial charge >= 0.3 is 0 Å². The number of azide groups is 1. The molecular weight excluding hydrogens is 186 g/mol. The van der Waals surface area contributed by atoms with E-state index in [0.29, 0.717) is 13.1 Å². The van der Waals surface area contributed by atoms with E-state index in [2.05, 4.69) is 21.4 Å². The van der Waals surface area contributed by atoms with E-state index in [1.165, 1.54) is 0 Å². The number of hydrogen-bond donors (Lipinski definition) is 1. The number of rotatable bonds is 4. The standard InChI is InChI=1S/C7H11N5S/c8-5-7(1-4-13-6-7)10-2-3-11-12-9/h10H,1-4,6H2. The fourth-order valence-corrected chi connectivity index (χ4v) is 2.52. The van der Waals surface area contributed by atoms with Crippen LogP contribution in [0.25, 0.3) is 10.4 Å². The van der Waals surface area contributed by atoms with E-state index in [9.17, 15) is 0 Å². The Morgan fingerprint density at radius 1 is 1.77 bits per heavy atom. The first-order valence-electron chi connectivity index (χ1n) is 4.08. The van der Waals surface area contributed by atoms with Gasteiger partial charge in [0.1, 0.15) is 5.54 Å². The molecular formula is C7H11N5S. The van der Waals surface area contributed by atoms with Gasteiger partial charge in [0.05, 0.1) is 6.07 Å². The van der Waals surface area contributed by atoms with Crippen molar-refractivity contribution in [2.24, 2.45) is 5.11 Å². The number of nitrogens with zero attached hydrogens (tertiary/aromatic N) is 4. The monoisotopic (exact) mass is 197 g/mol. The van der Waals surface area contributed by atoms with Gasteiger partial charge in [-0.3, -0.25) is 5.32 Å². The van der Waals surface area contributed by atoms with E-state index in [1.54, 1.807) is 11.8 Å². The maximum Gasteiger partial charge on any atom is 0.116 e. The zero-order chi connectivity index (χ0) is 9.57. The third-order valence-electron chi connectivity index (χ3n) is 1.97. The van der Waals surface area contributed by atoms with Crippen LogP contribution >= 0.6 is 11.8 Å². The van der Waals surface area contributed by atoms with Crippen molar-refractivity contribution in [2.75, 3.05) is 24.6 Å². The molecule has 1 N–H and O–H groups in total. The first-order valence-corrected chi connectivity index (χ1v) is 5.23. The fraction of sp³-hybridized carbons (Fsp3) is 0.857. The highest BCUT2D eigenvalue weighted by atomic mass is 32.2. The molecule has 1 unspecified atom stereocenters. The van der Waals surface area contributed by atoms with E-state index in [1.807, 2.05) is 0 Å². The predicted molar refractivity (Wildman–Crippen MR) is 52.3 cm³/mol. The van der Waals surface area contributed by atoms with Gasteiger partial charge in [0, 0.05) is 23.8 Å². The minimum atomic E-state index is -0.379. The lowest BCUT2D eigenvalue weighted by Gasteiger charge is -2.20. The van der Waals surface area contributed by atoms with Gasteiger partial charge in [-0.1, -0.05) is 5.11 Å². The van der Waals surface area contributed by atoms with Crippen molar-refractivity contribution in [2.45, 2.75) is 12.0 Å². The lowest BCUT2D eigenvalue weighted by atomic mass is 10.0. The number of nitrogens with one attached hydrogen (secondary N) is 1. The highest BCUT2D eigenvalue weighted by molar-refractivity contribution is 7.99. The Hall–Kier alpha value is -0.890. The zero-order valence-corrected chi connectivity index (χ0v) is 8.05. The molecule has 70 valence electrons. The lowest BCUT2D eigenvalue weighted by molar-refractivity contribution is 0.464. The molecule has 1 saturated heterocycles. The Balaban J connectivity index is 2.32. The molecule has 5 nitrogen and oxygen atoms in total. The van der Waals surface area contributed by atoms with Gasteiger partial charge in [0.25, 0.3) is 0 Å². The molecule has 1 fully saturated rings. The van der Waals surface area contributed by atoms with Gasteiger partial charge in [-0.05, 0) is 17.7 Å². The number of hydrogen-bond acceptors (Lipinski definition) is 4. The molecule has 1 aliphatic heterocycles. The Labute approximate surface area is 81.1 Å². The number of nitriles is 1. The van der Waals surface area contributed by atoms with Crippen molar-refractivity contribution >= 4 is 11.8 Å². The molecule has 0 amide bonds. The first-order chi connectivity index (χ1) is 6.33. The maximum atomic E-state index is 8.94. The van der Waals surface area contributed by atoms with E-state index in [-0.39, 0.29) is 5.54 Å². The van der Waals surface area contributed by atoms with Gasteiger partial charge in [-0.25, -0.2) is 0 Å². The second-order valence-electron chi connectivity index (χ2n) is 2.88. The third kappa shape index (κ3) is 2.81. The molecule has 1 aliphatic rings. The zero-order valence-electron chi connectivity index (χ0n) is 7.23. The van der Waals surface area contributed by atoms with Gasteiger partial charge in [-0.2, -0.15) is 17.0 Å². The molecule has 1 rings (SSSR count). The van der Waals surface area contributed by atoms with E-state index < -0.39 is 0 Å². The summed E-state index contributed by atoms with van der Waals surface area (Å²) in [5, 5.41) is 15.5. The second kappa shape index (κ2) is 4.97. The van der Waals surface area contributed by atoms with Crippen molar-refractivity contribution in [3.63, 3.8) is 0 Å². The maximum absolute atomic E-state index is 8.94. The van der Waals surface area contributed by atoms with Gasteiger partial charge < -0.3 is 0 Å². The van der Waals surface area contributed by atoms with E-state index in [4.69, 9.17) is 10.8 Å². The summed E-state index contributed by atoms with van der Waals surface area (Å²) < 4.78 is 0. The summed E-state index contributed by atoms with van der Waals surface area (Å²) in [7, 11) is 0. The van der Waals surface area contributed by atoms with Crippen LogP contribution < -0.4 is 5.32 Å². The molecule has 1 heterocycles. The van der Waals surface area contributed by atoms with Crippen LogP contribution in [0.15, 0.2) is 5.11 Å². The molecule has 0 radical (unpaired) electrons. The predicted octanol–water partition coefficient (Wildman–Crippen LogP) is 1.29. The van der Waals surface area contributed by atoms with Crippen LogP contribution in [0.1, 0.15) is 6.42 Å². The molecule has 13 heavy (non-hydrogen) atoms. The topological polar surface area (TPSA) is 84.6 Å². The summed E-state index contributed by atoms with van der Waals surface area (Å²) in [6, 6.07) is 2.29. The van der Waals surface area contributed by atoms with Gasteiger partial charge in [0.2, 0.25) is 0 Å². The van der Waals surface area contributed by atoms with Crippen LogP contribution in [0.2, 0.25) is 0 Å². The van der Waals surface area contributed by atoms with Crippen LogP contribution in [0.4, 0.5) is 0 Å². The van der Waals surface area contributed by atoms with Gasteiger partial charge in [0.15, 0.2) is 0 Å². The highest BCUT2D eigenvalue weighted by Crippen LogP contribution is 2.26. The summed E-state index contributed by atoms with van der Waals surface area (Å²) >= 11 is 1.78. The van der Waals surface area contributed by atoms with Crippen molar-refractivity contribution in [1.82, 2.24) is 5.32 Å². The largest absolute Gasteiger partial charge is 0.299 e. The second-order valence-corrected chi connectivity index (χ2v) is 3.98. The van der Waals surface area contributed by atoms with Crippen LogP contribution in [-0.4, -0.2) is 30.1 Å². The molecule has 0 aromatic heterocycles. The van der Waals surface area contributed by atoms with Crippen molar-refractivity contribution in [1.29, 1.82) is 5.26 Å². The van der Waals surface area contributed by atoms with Crippen molar-refractivity contribution in [3.8, 4) is 6.07 Å². The molecule has 0 bridgehead atoms. The van der Waals surface area contributed by atoms with Crippen LogP contribution in [-0.2, 0) is 0 Å². The average molecular weight is 197 g/mol. The molecule has 0 saturated carbocycles. The van der Waals surface area contributed by atoms with Crippen molar-refractivity contribution < 1.29 is 0 Å². The third-order valence-corrected chi connectivity index (χ3v) is 3.16. The normalized spacial score (nSPS) is 26.4. The number of thioether (sulfide) groups is 1. The summed E-state index contributed by atoms with van der Waals surface area (Å²) in [5.74, 6) is 1.86. The molecule has 1 atom stereocenters. The highest BCUT2D eigenvalue weighted by Gasteiger charge is 2.33. The first kappa shape index (κ1) is 10.2. The molecule has 0 aliphatic carbocycles. The Morgan fingerprint density at radius 3 is 3.15 bits per heavy atom. The molecule has 6 heteroatoms. The van der Waals surface area contributed by atoms with Gasteiger partial charge in [-0.15, -0.1) is 0 Å². The van der Waals surface area contributed by atoms with Crippen LogP contribution in [0.5, 0.6) is 0 Å². The lowest BCUT2D eigenvalue weighted by Crippen LogP contribution is -2.45. The van der Waals surface area contributed by atoms with Crippen LogP contribution in [0.3, 0.4) is 0 Å². The minimum Gasteiger partial charge on any atom is -0.299 e. The van der Waals surface area contributed by atoms with Crippen molar-refractivity contribution in [3.05, 3.63) is 10.4 Å². The van der Waals surface area contributed by atoms with E-state index >= 15 is 0 Å². The Morgan fingerprint density at radius 2 is 2.62 bits per heavy atom. The molecule has 0 aromatic carbocycles. The summed E-state index contributed by atoms with van der Waals surface area (Å²) in [6.07, 6.45) is 0.879. The quantitative estimate of drug-likeness (QED) is 0.319. The Kier molecular flexibility index (Phi) is 3.90.